The predicted octanol–water partition coefficient (Wildman–Crippen LogP) is 3.32. The molecule has 3 aromatic heterocycles. The van der Waals surface area contributed by atoms with E-state index in [4.69, 9.17) is 10.7 Å². The zero-order valence-electron chi connectivity index (χ0n) is 17.0. The van der Waals surface area contributed by atoms with Crippen LogP contribution in [0.2, 0.25) is 0 Å². The van der Waals surface area contributed by atoms with Crippen molar-refractivity contribution < 1.29 is 4.79 Å². The minimum absolute atomic E-state index is 0.176. The Morgan fingerprint density at radius 1 is 1.27 bits per heavy atom. The fraction of sp³-hybridized carbons (Fsp3) is 0.318. The number of nitrogens with two attached hydrogens (primary N) is 1. The molecule has 1 amide bonds. The molecule has 4 rings (SSSR count). The van der Waals surface area contributed by atoms with Gasteiger partial charge in [-0.05, 0) is 49.9 Å². The molecule has 8 heteroatoms. The average Bonchev–Trinajstić information content (AvgIpc) is 2.78. The van der Waals surface area contributed by atoms with E-state index >= 15 is 0 Å². The second-order valence-electron chi connectivity index (χ2n) is 7.54. The number of hydrogen-bond acceptors (Lipinski definition) is 7. The number of aromatic nitrogens is 3. The Balaban J connectivity index is 1.67. The number of anilines is 3. The van der Waals surface area contributed by atoms with Crippen LogP contribution in [0.4, 0.5) is 17.3 Å². The van der Waals surface area contributed by atoms with Crippen LogP contribution >= 0.6 is 0 Å². The van der Waals surface area contributed by atoms with Crippen molar-refractivity contribution in [1.82, 2.24) is 15.0 Å². The Bertz CT molecular complexity index is 1080. The average molecular weight is 403 g/mol. The molecule has 1 fully saturated rings. The van der Waals surface area contributed by atoms with Crippen molar-refractivity contribution in [3.05, 3.63) is 48.3 Å². The van der Waals surface area contributed by atoms with Crippen LogP contribution in [0.1, 0.15) is 36.0 Å². The lowest BCUT2D eigenvalue weighted by molar-refractivity contribution is 0.100. The van der Waals surface area contributed by atoms with Gasteiger partial charge in [0.1, 0.15) is 11.6 Å². The van der Waals surface area contributed by atoms with Gasteiger partial charge in [0.2, 0.25) is 0 Å². The summed E-state index contributed by atoms with van der Waals surface area (Å²) < 4.78 is 0. The Hall–Kier alpha value is -3.55. The molecular weight excluding hydrogens is 378 g/mol. The molecule has 30 heavy (non-hydrogen) atoms. The van der Waals surface area contributed by atoms with Crippen LogP contribution in [0.3, 0.4) is 0 Å². The summed E-state index contributed by atoms with van der Waals surface area (Å²) in [4.78, 5) is 31.7. The van der Waals surface area contributed by atoms with Crippen LogP contribution in [-0.2, 0) is 0 Å². The van der Waals surface area contributed by atoms with Crippen LogP contribution in [0, 0.1) is 0 Å². The topological polar surface area (TPSA) is 109 Å². The number of hydrogen-bond donors (Lipinski definition) is 2. The summed E-state index contributed by atoms with van der Waals surface area (Å²) in [5.41, 5.74) is 7.26. The van der Waals surface area contributed by atoms with Crippen molar-refractivity contribution >= 4 is 41.0 Å². The van der Waals surface area contributed by atoms with Crippen molar-refractivity contribution in [3.63, 3.8) is 0 Å². The van der Waals surface area contributed by atoms with E-state index in [0.29, 0.717) is 22.7 Å². The normalized spacial score (nSPS) is 18.7. The lowest BCUT2D eigenvalue weighted by Crippen LogP contribution is -2.43. The highest BCUT2D eigenvalue weighted by molar-refractivity contribution is 5.98. The summed E-state index contributed by atoms with van der Waals surface area (Å²) in [6.07, 6.45) is 7.74. The first-order valence-corrected chi connectivity index (χ1v) is 10.0. The maximum atomic E-state index is 12.0. The SMILES string of the molecule is C=N[C@H]1CCCC[C@H]1N(C)c1ccc(C(N)=O)c(Nc2cnc3ncccc3c2)n1. The minimum Gasteiger partial charge on any atom is -0.365 e. The number of nitrogens with zero attached hydrogens (tertiary/aromatic N) is 5. The summed E-state index contributed by atoms with van der Waals surface area (Å²) in [7, 11) is 2.01. The van der Waals surface area contributed by atoms with Gasteiger partial charge in [-0.3, -0.25) is 9.79 Å². The molecule has 0 saturated heterocycles. The molecule has 0 radical (unpaired) electrons. The smallest absolute Gasteiger partial charge is 0.252 e. The van der Waals surface area contributed by atoms with Crippen molar-refractivity contribution in [2.24, 2.45) is 10.7 Å². The molecule has 8 nitrogen and oxygen atoms in total. The van der Waals surface area contributed by atoms with Gasteiger partial charge in [-0.1, -0.05) is 12.8 Å². The van der Waals surface area contributed by atoms with Gasteiger partial charge in [0.25, 0.3) is 5.91 Å². The number of fused-ring (bicyclic) bond motifs is 1. The van der Waals surface area contributed by atoms with Gasteiger partial charge < -0.3 is 16.0 Å². The first-order valence-electron chi connectivity index (χ1n) is 10.0. The van der Waals surface area contributed by atoms with Crippen molar-refractivity contribution in [2.75, 3.05) is 17.3 Å². The number of primary amides is 1. The number of rotatable bonds is 6. The molecule has 0 unspecified atom stereocenters. The summed E-state index contributed by atoms with van der Waals surface area (Å²) in [6.45, 7) is 3.76. The van der Waals surface area contributed by atoms with Gasteiger partial charge in [-0.15, -0.1) is 0 Å². The molecule has 1 aliphatic carbocycles. The Labute approximate surface area is 175 Å². The van der Waals surface area contributed by atoms with Crippen molar-refractivity contribution in [3.8, 4) is 0 Å². The van der Waals surface area contributed by atoms with Crippen LogP contribution in [0.15, 0.2) is 47.7 Å². The van der Waals surface area contributed by atoms with Crippen molar-refractivity contribution in [1.29, 1.82) is 0 Å². The lowest BCUT2D eigenvalue weighted by atomic mass is 9.90. The molecule has 3 heterocycles. The van der Waals surface area contributed by atoms with Crippen LogP contribution in [0.25, 0.3) is 11.0 Å². The number of nitrogens with one attached hydrogen (secondary N) is 1. The van der Waals surface area contributed by atoms with Gasteiger partial charge in [0.05, 0.1) is 29.5 Å². The predicted molar refractivity (Wildman–Crippen MR) is 120 cm³/mol. The molecule has 3 N–H and O–H groups in total. The van der Waals surface area contributed by atoms with Gasteiger partial charge >= 0.3 is 0 Å². The molecule has 0 aromatic carbocycles. The van der Waals surface area contributed by atoms with Crippen LogP contribution < -0.4 is 16.0 Å². The third-order valence-electron chi connectivity index (χ3n) is 5.65. The molecule has 3 aromatic rings. The summed E-state index contributed by atoms with van der Waals surface area (Å²) in [5, 5.41) is 4.09. The van der Waals surface area contributed by atoms with E-state index in [1.165, 1.54) is 6.42 Å². The van der Waals surface area contributed by atoms with Gasteiger partial charge in [0, 0.05) is 18.6 Å². The van der Waals surface area contributed by atoms with Gasteiger partial charge in [-0.2, -0.15) is 0 Å². The largest absolute Gasteiger partial charge is 0.365 e. The summed E-state index contributed by atoms with van der Waals surface area (Å²) in [5.74, 6) is 0.604. The minimum atomic E-state index is -0.544. The number of aliphatic imine (C=N–C) groups is 1. The summed E-state index contributed by atoms with van der Waals surface area (Å²) in [6, 6.07) is 9.63. The quantitative estimate of drug-likeness (QED) is 0.611. The molecule has 1 aliphatic rings. The number of amides is 1. The van der Waals surface area contributed by atoms with E-state index in [1.54, 1.807) is 18.5 Å². The number of pyridine rings is 3. The van der Waals surface area contributed by atoms with E-state index in [1.807, 2.05) is 31.3 Å². The first-order chi connectivity index (χ1) is 14.6. The standard InChI is InChI=1S/C22H25N7O/c1-24-17-7-3-4-8-18(17)29(2)19-10-9-16(20(23)30)22(28-19)27-15-12-14-6-5-11-25-21(14)26-13-15/h5-6,9-13,17-18H,1,3-4,7-8H2,2H3,(H2,23,30)(H,27,28)/t17-,18+/m0/s1. The molecule has 154 valence electrons. The Morgan fingerprint density at radius 2 is 2.10 bits per heavy atom. The lowest BCUT2D eigenvalue weighted by Gasteiger charge is -2.36. The van der Waals surface area contributed by atoms with Crippen molar-refractivity contribution in [2.45, 2.75) is 37.8 Å². The van der Waals surface area contributed by atoms with E-state index in [-0.39, 0.29) is 12.1 Å². The van der Waals surface area contributed by atoms with E-state index < -0.39 is 5.91 Å². The van der Waals surface area contributed by atoms with Gasteiger partial charge in [-0.25, -0.2) is 15.0 Å². The fourth-order valence-electron chi connectivity index (χ4n) is 4.04. The monoisotopic (exact) mass is 403 g/mol. The Morgan fingerprint density at radius 3 is 2.90 bits per heavy atom. The zero-order valence-corrected chi connectivity index (χ0v) is 17.0. The van der Waals surface area contributed by atoms with E-state index in [0.717, 1.165) is 30.5 Å². The number of carbonyl (C=O) groups excluding carboxylic acids is 1. The molecular formula is C22H25N7O. The number of likely N-dealkylation sites (N-methyl/N-ethyl adjacent to an activating group) is 1. The highest BCUT2D eigenvalue weighted by Crippen LogP contribution is 2.29. The maximum absolute atomic E-state index is 12.0. The zero-order chi connectivity index (χ0) is 21.1. The molecule has 1 saturated carbocycles. The Kier molecular flexibility index (Phi) is 5.56. The van der Waals surface area contributed by atoms with Crippen LogP contribution in [0.5, 0.6) is 0 Å². The van der Waals surface area contributed by atoms with E-state index in [9.17, 15) is 4.79 Å². The summed E-state index contributed by atoms with van der Waals surface area (Å²) >= 11 is 0. The second-order valence-corrected chi connectivity index (χ2v) is 7.54. The highest BCUT2D eigenvalue weighted by Gasteiger charge is 2.28. The van der Waals surface area contributed by atoms with E-state index in [2.05, 4.69) is 31.9 Å². The molecule has 0 bridgehead atoms. The fourth-order valence-corrected chi connectivity index (χ4v) is 4.04. The molecule has 2 atom stereocenters. The molecule has 0 spiro atoms. The second kappa shape index (κ2) is 8.44. The third kappa shape index (κ3) is 3.94. The van der Waals surface area contributed by atoms with Gasteiger partial charge in [0.15, 0.2) is 5.65 Å². The van der Waals surface area contributed by atoms with Crippen LogP contribution in [-0.4, -0.2) is 46.7 Å². The maximum Gasteiger partial charge on any atom is 0.252 e. The third-order valence-corrected chi connectivity index (χ3v) is 5.65. The highest BCUT2D eigenvalue weighted by atomic mass is 16.1. The molecule has 0 aliphatic heterocycles. The first kappa shape index (κ1) is 19.8. The number of carbonyl (C=O) groups is 1.